The molecule has 0 spiro atoms. The fraction of sp³-hybridized carbons (Fsp3) is 0.812. The van der Waals surface area contributed by atoms with Gasteiger partial charge in [0, 0.05) is 0 Å². The van der Waals surface area contributed by atoms with Crippen molar-refractivity contribution in [1.29, 1.82) is 0 Å². The molecule has 0 heterocycles. The molecule has 0 radical (unpaired) electrons. The van der Waals surface area contributed by atoms with E-state index < -0.39 is 24.2 Å². The van der Waals surface area contributed by atoms with Gasteiger partial charge in [-0.15, -0.1) is 0 Å². The zero-order valence-electron chi connectivity index (χ0n) is 35.1. The van der Waals surface area contributed by atoms with Gasteiger partial charge in [0.15, 0.2) is 0 Å². The van der Waals surface area contributed by atoms with Crippen molar-refractivity contribution in [3.63, 3.8) is 0 Å². The Morgan fingerprint density at radius 1 is 0.472 bits per heavy atom. The zero-order chi connectivity index (χ0) is 38.7. The summed E-state index contributed by atoms with van der Waals surface area (Å²) >= 11 is 0. The highest BCUT2D eigenvalue weighted by Crippen LogP contribution is 2.15. The number of rotatable bonds is 41. The number of aliphatic hydroxyl groups excluding tert-OH is 3. The van der Waals surface area contributed by atoms with Crippen LogP contribution in [0.5, 0.6) is 0 Å². The fourth-order valence-electron chi connectivity index (χ4n) is 6.76. The molecule has 0 saturated carbocycles. The molecule has 0 bridgehead atoms. The number of allylic oxidation sites excluding steroid dienone is 7. The van der Waals surface area contributed by atoms with Gasteiger partial charge in [0.25, 0.3) is 0 Å². The van der Waals surface area contributed by atoms with Gasteiger partial charge in [0.05, 0.1) is 18.8 Å². The Bertz CT molecular complexity index is 866. The van der Waals surface area contributed by atoms with Crippen LogP contribution in [0.15, 0.2) is 48.6 Å². The molecule has 3 unspecified atom stereocenters. The van der Waals surface area contributed by atoms with Crippen molar-refractivity contribution < 1.29 is 20.1 Å². The number of unbranched alkanes of at least 4 members (excludes halogenated alkanes) is 27. The van der Waals surface area contributed by atoms with E-state index in [1.54, 1.807) is 6.08 Å². The van der Waals surface area contributed by atoms with E-state index in [9.17, 15) is 20.1 Å². The van der Waals surface area contributed by atoms with E-state index in [1.165, 1.54) is 161 Å². The van der Waals surface area contributed by atoms with Crippen LogP contribution >= 0.6 is 0 Å². The van der Waals surface area contributed by atoms with Crippen LogP contribution in [0.4, 0.5) is 0 Å². The summed E-state index contributed by atoms with van der Waals surface area (Å²) < 4.78 is 0. The number of amides is 1. The maximum atomic E-state index is 12.4. The highest BCUT2D eigenvalue weighted by molar-refractivity contribution is 5.80. The molecule has 0 aliphatic heterocycles. The number of nitrogens with one attached hydrogen (secondary N) is 1. The minimum atomic E-state index is -1.11. The predicted octanol–water partition coefficient (Wildman–Crippen LogP) is 13.3. The largest absolute Gasteiger partial charge is 0.394 e. The van der Waals surface area contributed by atoms with Crippen molar-refractivity contribution in [2.24, 2.45) is 0 Å². The van der Waals surface area contributed by atoms with Crippen LogP contribution in [0.3, 0.4) is 0 Å². The van der Waals surface area contributed by atoms with Crippen molar-refractivity contribution in [3.05, 3.63) is 48.6 Å². The Balaban J connectivity index is 3.61. The van der Waals surface area contributed by atoms with Crippen LogP contribution in [0.1, 0.15) is 226 Å². The van der Waals surface area contributed by atoms with Crippen molar-refractivity contribution >= 4 is 5.91 Å². The van der Waals surface area contributed by atoms with E-state index in [0.717, 1.165) is 44.9 Å². The van der Waals surface area contributed by atoms with Crippen LogP contribution < -0.4 is 5.32 Å². The molecule has 0 aliphatic carbocycles. The molecule has 0 aromatic rings. The van der Waals surface area contributed by atoms with E-state index in [1.807, 2.05) is 6.08 Å². The maximum absolute atomic E-state index is 12.4. The first-order chi connectivity index (χ1) is 26.1. The van der Waals surface area contributed by atoms with Crippen LogP contribution in [0, 0.1) is 0 Å². The number of aliphatic hydroxyl groups is 3. The molecule has 0 aromatic carbocycles. The molecule has 0 saturated heterocycles. The molecule has 0 aromatic heterocycles. The third-order valence-corrected chi connectivity index (χ3v) is 10.4. The summed E-state index contributed by atoms with van der Waals surface area (Å²) in [5.74, 6) is -0.516. The average Bonchev–Trinajstić information content (AvgIpc) is 3.16. The van der Waals surface area contributed by atoms with Gasteiger partial charge < -0.3 is 20.6 Å². The molecule has 53 heavy (non-hydrogen) atoms. The summed E-state index contributed by atoms with van der Waals surface area (Å²) in [6.45, 7) is 4.14. The lowest BCUT2D eigenvalue weighted by Gasteiger charge is -2.21. The topological polar surface area (TPSA) is 89.8 Å². The lowest BCUT2D eigenvalue weighted by molar-refractivity contribution is -0.131. The summed E-state index contributed by atoms with van der Waals surface area (Å²) in [5.41, 5.74) is 0. The molecular weight excluding hydrogens is 655 g/mol. The standard InChI is InChI=1S/C48H89NO4/c1-3-5-7-9-11-13-15-16-17-18-19-20-21-22-23-24-25-26-27-28-29-30-31-33-35-37-39-41-43-47(52)48(53)49-45(44-50)46(51)42-40-38-36-34-32-14-12-10-8-6-4-2/h19-20,22-23,32,34,40,42,45-47,50-52H,3-18,21,24-31,33,35-39,41,43-44H2,1-2H3,(H,49,53)/b20-19-,23-22-,34-32+,42-40+. The molecule has 1 amide bonds. The summed E-state index contributed by atoms with van der Waals surface area (Å²) in [6.07, 6.45) is 55.9. The second kappa shape index (κ2) is 43.0. The van der Waals surface area contributed by atoms with Gasteiger partial charge in [0.1, 0.15) is 6.10 Å². The first-order valence-corrected chi connectivity index (χ1v) is 23.0. The Hall–Kier alpha value is -1.69. The SMILES string of the molecule is CCCCCCC/C=C/CC/C=C/C(O)C(CO)NC(=O)C(O)CCCCCCCCCCCCCC/C=C\C/C=C\CCCCCCCCCCC. The minimum Gasteiger partial charge on any atom is -0.394 e. The van der Waals surface area contributed by atoms with Gasteiger partial charge in [-0.25, -0.2) is 0 Å². The molecule has 0 aliphatic rings. The second-order valence-electron chi connectivity index (χ2n) is 15.6. The molecular formula is C48H89NO4. The van der Waals surface area contributed by atoms with Crippen LogP contribution in [-0.4, -0.2) is 46.1 Å². The average molecular weight is 744 g/mol. The minimum absolute atomic E-state index is 0.378. The third-order valence-electron chi connectivity index (χ3n) is 10.4. The molecule has 5 nitrogen and oxygen atoms in total. The summed E-state index contributed by atoms with van der Waals surface area (Å²) in [6, 6.07) is -0.814. The molecule has 3 atom stereocenters. The first-order valence-electron chi connectivity index (χ1n) is 23.0. The normalized spacial score (nSPS) is 14.0. The van der Waals surface area contributed by atoms with Gasteiger partial charge >= 0.3 is 0 Å². The van der Waals surface area contributed by atoms with Crippen molar-refractivity contribution in [2.75, 3.05) is 6.61 Å². The summed E-state index contributed by atoms with van der Waals surface area (Å²) in [7, 11) is 0. The van der Waals surface area contributed by atoms with Gasteiger partial charge in [-0.3, -0.25) is 4.79 Å². The molecule has 0 fully saturated rings. The van der Waals surface area contributed by atoms with E-state index in [4.69, 9.17) is 0 Å². The highest BCUT2D eigenvalue weighted by atomic mass is 16.3. The monoisotopic (exact) mass is 744 g/mol. The predicted molar refractivity (Wildman–Crippen MR) is 231 cm³/mol. The molecule has 310 valence electrons. The van der Waals surface area contributed by atoms with Crippen LogP contribution in [0.2, 0.25) is 0 Å². The summed E-state index contributed by atoms with van der Waals surface area (Å²) in [5, 5.41) is 33.0. The quantitative estimate of drug-likeness (QED) is 0.0371. The van der Waals surface area contributed by atoms with E-state index in [2.05, 4.69) is 55.6 Å². The number of hydrogen-bond acceptors (Lipinski definition) is 4. The second-order valence-corrected chi connectivity index (χ2v) is 15.6. The van der Waals surface area contributed by atoms with Gasteiger partial charge in [-0.2, -0.15) is 0 Å². The Kier molecular flexibility index (Phi) is 41.7. The van der Waals surface area contributed by atoms with Gasteiger partial charge in [-0.1, -0.05) is 210 Å². The Morgan fingerprint density at radius 3 is 1.26 bits per heavy atom. The number of carbonyl (C=O) groups excluding carboxylic acids is 1. The van der Waals surface area contributed by atoms with Crippen LogP contribution in [0.25, 0.3) is 0 Å². The first kappa shape index (κ1) is 51.3. The maximum Gasteiger partial charge on any atom is 0.249 e. The molecule has 4 N–H and O–H groups in total. The third kappa shape index (κ3) is 38.4. The summed E-state index contributed by atoms with van der Waals surface area (Å²) in [4.78, 5) is 12.4. The highest BCUT2D eigenvalue weighted by Gasteiger charge is 2.22. The fourth-order valence-corrected chi connectivity index (χ4v) is 6.76. The Morgan fingerprint density at radius 2 is 0.830 bits per heavy atom. The molecule has 0 rings (SSSR count). The smallest absolute Gasteiger partial charge is 0.249 e. The van der Waals surface area contributed by atoms with Gasteiger partial charge in [0.2, 0.25) is 5.91 Å². The molecule has 5 heteroatoms. The number of hydrogen-bond donors (Lipinski definition) is 4. The lowest BCUT2D eigenvalue weighted by Crippen LogP contribution is -2.48. The zero-order valence-corrected chi connectivity index (χ0v) is 35.1. The van der Waals surface area contributed by atoms with Crippen LogP contribution in [-0.2, 0) is 4.79 Å². The van der Waals surface area contributed by atoms with Gasteiger partial charge in [-0.05, 0) is 64.2 Å². The Labute approximate surface area is 329 Å². The lowest BCUT2D eigenvalue weighted by atomic mass is 10.0. The van der Waals surface area contributed by atoms with E-state index in [-0.39, 0.29) is 6.61 Å². The van der Waals surface area contributed by atoms with E-state index in [0.29, 0.717) is 6.42 Å². The number of carbonyl (C=O) groups is 1. The van der Waals surface area contributed by atoms with Crippen molar-refractivity contribution in [3.8, 4) is 0 Å². The van der Waals surface area contributed by atoms with Crippen molar-refractivity contribution in [2.45, 2.75) is 244 Å². The van der Waals surface area contributed by atoms with E-state index >= 15 is 0 Å². The van der Waals surface area contributed by atoms with Crippen molar-refractivity contribution in [1.82, 2.24) is 5.32 Å².